The zero-order valence-corrected chi connectivity index (χ0v) is 10.2. The van der Waals surface area contributed by atoms with E-state index >= 15 is 0 Å². The van der Waals surface area contributed by atoms with Crippen LogP contribution in [0.1, 0.15) is 52.9 Å². The Hall–Kier alpha value is -0.330. The first-order chi connectivity index (χ1) is 6.98. The third-order valence-corrected chi connectivity index (χ3v) is 6.12. The fourth-order valence-electron chi connectivity index (χ4n) is 4.86. The third-order valence-electron chi connectivity index (χ3n) is 6.12. The maximum atomic E-state index is 12.5. The Bertz CT molecular complexity index is 317. The number of Topliss-reactive ketones (excluding diaryl/α,β-unsaturated/α-hetero) is 1. The van der Waals surface area contributed by atoms with Gasteiger partial charge in [-0.2, -0.15) is 0 Å². The number of hydrogen-bond acceptors (Lipinski definition) is 1. The van der Waals surface area contributed by atoms with Gasteiger partial charge < -0.3 is 0 Å². The van der Waals surface area contributed by atoms with Crippen LogP contribution >= 0.6 is 0 Å². The molecular weight excluding hydrogens is 184 g/mol. The molecule has 4 atom stereocenters. The molecule has 1 nitrogen and oxygen atoms in total. The zero-order chi connectivity index (χ0) is 10.8. The molecule has 0 aromatic carbocycles. The quantitative estimate of drug-likeness (QED) is 0.593. The third kappa shape index (κ3) is 0.976. The van der Waals surface area contributed by atoms with Gasteiger partial charge in [-0.3, -0.25) is 4.79 Å². The van der Waals surface area contributed by atoms with Gasteiger partial charge in [-0.1, -0.05) is 20.8 Å². The van der Waals surface area contributed by atoms with Gasteiger partial charge in [0, 0.05) is 11.3 Å². The van der Waals surface area contributed by atoms with E-state index in [0.29, 0.717) is 23.0 Å². The zero-order valence-electron chi connectivity index (χ0n) is 10.2. The predicted octanol–water partition coefficient (Wildman–Crippen LogP) is 3.43. The van der Waals surface area contributed by atoms with Gasteiger partial charge in [0.05, 0.1) is 0 Å². The SMILES string of the molecule is C[C@@H]1CC[C@H]2C(=O)C(C)(C)[C@H]3CC[C@@]12C3. The molecule has 0 N–H and O–H groups in total. The summed E-state index contributed by atoms with van der Waals surface area (Å²) < 4.78 is 0. The van der Waals surface area contributed by atoms with E-state index in [2.05, 4.69) is 20.8 Å². The van der Waals surface area contributed by atoms with Crippen molar-refractivity contribution in [3.05, 3.63) is 0 Å². The first-order valence-corrected chi connectivity index (χ1v) is 6.53. The topological polar surface area (TPSA) is 17.1 Å². The highest BCUT2D eigenvalue weighted by molar-refractivity contribution is 5.89. The summed E-state index contributed by atoms with van der Waals surface area (Å²) in [7, 11) is 0. The summed E-state index contributed by atoms with van der Waals surface area (Å²) in [5.74, 6) is 2.50. The largest absolute Gasteiger partial charge is 0.299 e. The van der Waals surface area contributed by atoms with Crippen LogP contribution in [0.15, 0.2) is 0 Å². The number of carbonyl (C=O) groups is 1. The second-order valence-electron chi connectivity index (χ2n) is 6.79. The predicted molar refractivity (Wildman–Crippen MR) is 60.5 cm³/mol. The number of carbonyl (C=O) groups excluding carboxylic acids is 1. The highest BCUT2D eigenvalue weighted by Gasteiger charge is 2.63. The van der Waals surface area contributed by atoms with Crippen molar-refractivity contribution >= 4 is 5.78 Å². The lowest BCUT2D eigenvalue weighted by Crippen LogP contribution is -2.46. The average Bonchev–Trinajstić information content (AvgIpc) is 2.72. The molecule has 15 heavy (non-hydrogen) atoms. The normalized spacial score (nSPS) is 51.9. The van der Waals surface area contributed by atoms with E-state index in [1.54, 1.807) is 0 Å². The standard InChI is InChI=1S/C14H22O/c1-9-4-5-11-12(15)13(2,3)10-6-7-14(9,11)8-10/h9-11H,4-8H2,1-3H3/t9-,10+,11+,14-/m1/s1. The number of fused-ring (bicyclic) bond motifs is 1. The number of rotatable bonds is 0. The summed E-state index contributed by atoms with van der Waals surface area (Å²) in [6.45, 7) is 6.77. The van der Waals surface area contributed by atoms with Crippen LogP contribution in [-0.2, 0) is 4.79 Å². The first kappa shape index (κ1) is 9.86. The van der Waals surface area contributed by atoms with Crippen molar-refractivity contribution < 1.29 is 4.79 Å². The van der Waals surface area contributed by atoms with E-state index in [-0.39, 0.29) is 5.41 Å². The van der Waals surface area contributed by atoms with Gasteiger partial charge in [0.25, 0.3) is 0 Å². The summed E-state index contributed by atoms with van der Waals surface area (Å²) in [4.78, 5) is 12.5. The van der Waals surface area contributed by atoms with Crippen molar-refractivity contribution in [3.8, 4) is 0 Å². The highest BCUT2D eigenvalue weighted by Crippen LogP contribution is 2.66. The lowest BCUT2D eigenvalue weighted by molar-refractivity contribution is -0.142. The molecule has 0 aromatic heterocycles. The molecule has 0 aliphatic heterocycles. The van der Waals surface area contributed by atoms with E-state index in [9.17, 15) is 4.79 Å². The maximum absolute atomic E-state index is 12.5. The van der Waals surface area contributed by atoms with Crippen LogP contribution in [0, 0.1) is 28.6 Å². The van der Waals surface area contributed by atoms with Crippen molar-refractivity contribution in [2.45, 2.75) is 52.9 Å². The van der Waals surface area contributed by atoms with Crippen molar-refractivity contribution in [1.29, 1.82) is 0 Å². The van der Waals surface area contributed by atoms with Crippen LogP contribution in [0.5, 0.6) is 0 Å². The summed E-state index contributed by atoms with van der Waals surface area (Å²) in [6, 6.07) is 0. The molecule has 1 heteroatoms. The minimum Gasteiger partial charge on any atom is -0.299 e. The fourth-order valence-corrected chi connectivity index (χ4v) is 4.86. The van der Waals surface area contributed by atoms with Crippen molar-refractivity contribution in [3.63, 3.8) is 0 Å². The maximum Gasteiger partial charge on any atom is 0.142 e. The van der Waals surface area contributed by atoms with Crippen molar-refractivity contribution in [2.75, 3.05) is 0 Å². The second-order valence-corrected chi connectivity index (χ2v) is 6.79. The molecule has 3 fully saturated rings. The Labute approximate surface area is 92.6 Å². The molecule has 0 saturated heterocycles. The average molecular weight is 206 g/mol. The Balaban J connectivity index is 2.07. The Morgan fingerprint density at radius 2 is 1.93 bits per heavy atom. The molecule has 3 saturated carbocycles. The van der Waals surface area contributed by atoms with Gasteiger partial charge in [-0.25, -0.2) is 0 Å². The van der Waals surface area contributed by atoms with Gasteiger partial charge in [0.2, 0.25) is 0 Å². The minimum atomic E-state index is -0.0191. The summed E-state index contributed by atoms with van der Waals surface area (Å²) in [6.07, 6.45) is 6.45. The van der Waals surface area contributed by atoms with Crippen LogP contribution < -0.4 is 0 Å². The second kappa shape index (κ2) is 2.67. The molecule has 3 aliphatic rings. The molecule has 2 bridgehead atoms. The molecule has 0 unspecified atom stereocenters. The molecule has 1 spiro atoms. The van der Waals surface area contributed by atoms with E-state index in [1.165, 1.54) is 32.1 Å². The Kier molecular flexibility index (Phi) is 1.76. The Morgan fingerprint density at radius 3 is 2.67 bits per heavy atom. The van der Waals surface area contributed by atoms with Gasteiger partial charge in [-0.05, 0) is 49.4 Å². The molecule has 0 amide bonds. The van der Waals surface area contributed by atoms with E-state index in [1.807, 2.05) is 0 Å². The molecule has 0 radical (unpaired) electrons. The van der Waals surface area contributed by atoms with Crippen LogP contribution in [-0.4, -0.2) is 5.78 Å². The first-order valence-electron chi connectivity index (χ1n) is 6.53. The summed E-state index contributed by atoms with van der Waals surface area (Å²) in [5.41, 5.74) is 0.423. The Morgan fingerprint density at radius 1 is 1.20 bits per heavy atom. The van der Waals surface area contributed by atoms with Crippen molar-refractivity contribution in [2.24, 2.45) is 28.6 Å². The lowest BCUT2D eigenvalue weighted by Gasteiger charge is -2.45. The molecule has 3 aliphatic carbocycles. The van der Waals surface area contributed by atoms with E-state index < -0.39 is 0 Å². The highest BCUT2D eigenvalue weighted by atomic mass is 16.1. The summed E-state index contributed by atoms with van der Waals surface area (Å²) in [5, 5.41) is 0. The fraction of sp³-hybridized carbons (Fsp3) is 0.929. The van der Waals surface area contributed by atoms with E-state index in [4.69, 9.17) is 0 Å². The molecular formula is C14H22O. The minimum absolute atomic E-state index is 0.0191. The smallest absolute Gasteiger partial charge is 0.142 e. The van der Waals surface area contributed by atoms with Gasteiger partial charge >= 0.3 is 0 Å². The van der Waals surface area contributed by atoms with Crippen LogP contribution in [0.3, 0.4) is 0 Å². The molecule has 0 heterocycles. The number of ketones is 1. The monoisotopic (exact) mass is 206 g/mol. The van der Waals surface area contributed by atoms with Crippen LogP contribution in [0.2, 0.25) is 0 Å². The lowest BCUT2D eigenvalue weighted by atomic mass is 9.58. The van der Waals surface area contributed by atoms with Gasteiger partial charge in [0.1, 0.15) is 5.78 Å². The van der Waals surface area contributed by atoms with Crippen LogP contribution in [0.25, 0.3) is 0 Å². The molecule has 3 rings (SSSR count). The van der Waals surface area contributed by atoms with Crippen LogP contribution in [0.4, 0.5) is 0 Å². The van der Waals surface area contributed by atoms with E-state index in [0.717, 1.165) is 5.92 Å². The molecule has 0 aromatic rings. The summed E-state index contributed by atoms with van der Waals surface area (Å²) >= 11 is 0. The van der Waals surface area contributed by atoms with Gasteiger partial charge in [0.15, 0.2) is 0 Å². The van der Waals surface area contributed by atoms with Gasteiger partial charge in [-0.15, -0.1) is 0 Å². The number of hydrogen-bond donors (Lipinski definition) is 0. The molecule has 84 valence electrons. The van der Waals surface area contributed by atoms with Crippen molar-refractivity contribution in [1.82, 2.24) is 0 Å².